The summed E-state index contributed by atoms with van der Waals surface area (Å²) in [6.45, 7) is 6.69. The van der Waals surface area contributed by atoms with Crippen LogP contribution in [0.2, 0.25) is 18.1 Å². The topological polar surface area (TPSA) is 61.6 Å². The van der Waals surface area contributed by atoms with Crippen LogP contribution in [0.5, 0.6) is 5.75 Å². The van der Waals surface area contributed by atoms with Gasteiger partial charge in [0, 0.05) is 30.4 Å². The molecule has 0 bridgehead atoms. The Kier molecular flexibility index (Phi) is 5.72. The fourth-order valence-electron chi connectivity index (χ4n) is 4.28. The minimum atomic E-state index is -1.93. The molecule has 0 fully saturated rings. The fourth-order valence-corrected chi connectivity index (χ4v) is 8.38. The molecule has 3 rings (SSSR count). The molecule has 148 valence electrons. The third kappa shape index (κ3) is 3.16. The van der Waals surface area contributed by atoms with Crippen LogP contribution in [0.25, 0.3) is 6.08 Å². The average molecular weight is 398 g/mol. The van der Waals surface area contributed by atoms with Crippen LogP contribution in [0.15, 0.2) is 53.7 Å². The van der Waals surface area contributed by atoms with Crippen LogP contribution in [-0.2, 0) is 10.5 Å². The van der Waals surface area contributed by atoms with Gasteiger partial charge in [0.1, 0.15) is 5.75 Å². The molecule has 0 aliphatic carbocycles. The van der Waals surface area contributed by atoms with Crippen molar-refractivity contribution < 1.29 is 14.4 Å². The van der Waals surface area contributed by atoms with Crippen LogP contribution in [0.4, 0.5) is 5.69 Å². The number of hydrogen-bond donors (Lipinski definition) is 0. The van der Waals surface area contributed by atoms with Gasteiger partial charge in [-0.15, -0.1) is 0 Å². The molecule has 1 aliphatic rings. The summed E-state index contributed by atoms with van der Waals surface area (Å²) in [7, 11) is -0.250. The number of ether oxygens (including phenoxy) is 2. The second-order valence-electron chi connectivity index (χ2n) is 7.17. The Morgan fingerprint density at radius 2 is 1.71 bits per heavy atom. The Labute approximate surface area is 167 Å². The highest BCUT2D eigenvalue weighted by Gasteiger charge is 2.50. The first-order valence-electron chi connectivity index (χ1n) is 9.77. The van der Waals surface area contributed by atoms with E-state index in [1.54, 1.807) is 19.2 Å². The molecule has 2 aromatic carbocycles. The summed E-state index contributed by atoms with van der Waals surface area (Å²) in [5.74, 6) is -0.398. The van der Waals surface area contributed by atoms with E-state index >= 15 is 0 Å². The highest BCUT2D eigenvalue weighted by Crippen LogP contribution is 2.49. The van der Waals surface area contributed by atoms with E-state index in [-0.39, 0.29) is 10.6 Å². The van der Waals surface area contributed by atoms with Gasteiger partial charge >= 0.3 is 0 Å². The van der Waals surface area contributed by atoms with E-state index in [4.69, 9.17) is 9.47 Å². The van der Waals surface area contributed by atoms with Crippen molar-refractivity contribution in [2.24, 2.45) is 0 Å². The van der Waals surface area contributed by atoms with E-state index in [1.165, 1.54) is 6.07 Å². The molecule has 0 saturated carbocycles. The molecule has 2 aromatic rings. The van der Waals surface area contributed by atoms with Crippen molar-refractivity contribution in [1.29, 1.82) is 0 Å². The van der Waals surface area contributed by atoms with Gasteiger partial charge in [0.05, 0.1) is 13.0 Å². The second-order valence-corrected chi connectivity index (χ2v) is 12.4. The third-order valence-electron chi connectivity index (χ3n) is 6.16. The van der Waals surface area contributed by atoms with Crippen molar-refractivity contribution in [2.75, 3.05) is 7.11 Å². The summed E-state index contributed by atoms with van der Waals surface area (Å²) < 4.78 is 12.7. The van der Waals surface area contributed by atoms with E-state index in [9.17, 15) is 10.1 Å². The van der Waals surface area contributed by atoms with Crippen molar-refractivity contribution in [2.45, 2.75) is 44.7 Å². The van der Waals surface area contributed by atoms with Crippen LogP contribution in [0.1, 0.15) is 31.9 Å². The lowest BCUT2D eigenvalue weighted by Gasteiger charge is -2.46. The number of nitro groups is 1. The van der Waals surface area contributed by atoms with Gasteiger partial charge in [-0.05, 0) is 17.3 Å². The summed E-state index contributed by atoms with van der Waals surface area (Å²) in [5.41, 5.74) is 1.76. The minimum Gasteiger partial charge on any atom is -0.454 e. The van der Waals surface area contributed by atoms with Crippen LogP contribution >= 0.6 is 0 Å². The van der Waals surface area contributed by atoms with Crippen molar-refractivity contribution in [3.63, 3.8) is 0 Å². The summed E-state index contributed by atoms with van der Waals surface area (Å²) in [5, 5.41) is 12.4. The van der Waals surface area contributed by atoms with Crippen molar-refractivity contribution in [3.8, 4) is 5.75 Å². The van der Waals surface area contributed by atoms with Gasteiger partial charge in [0.25, 0.3) is 11.5 Å². The zero-order valence-corrected chi connectivity index (χ0v) is 17.9. The summed E-state index contributed by atoms with van der Waals surface area (Å²) >= 11 is 0. The van der Waals surface area contributed by atoms with E-state index < -0.39 is 13.9 Å². The van der Waals surface area contributed by atoms with Gasteiger partial charge in [-0.3, -0.25) is 10.1 Å². The van der Waals surface area contributed by atoms with Crippen LogP contribution < -0.4 is 4.74 Å². The first-order valence-corrected chi connectivity index (χ1v) is 12.4. The number of nitrogens with zero attached hydrogens (tertiary/aromatic N) is 1. The maximum atomic E-state index is 11.3. The number of non-ortho nitro benzene ring substituents is 1. The maximum Gasteiger partial charge on any atom is 0.270 e. The SMILES string of the molecule is CC[Si](CC)(CC)C1=Cc2cc([N+](=O)[O-])ccc2OC1(OC)c1ccccc1. The number of methoxy groups -OCH3 is 1. The van der Waals surface area contributed by atoms with E-state index in [0.717, 1.165) is 34.5 Å². The largest absolute Gasteiger partial charge is 0.454 e. The Morgan fingerprint density at radius 3 is 2.25 bits per heavy atom. The molecule has 28 heavy (non-hydrogen) atoms. The van der Waals surface area contributed by atoms with Crippen LogP contribution in [-0.4, -0.2) is 20.1 Å². The lowest BCUT2D eigenvalue weighted by molar-refractivity contribution is -0.384. The Hall–Kier alpha value is -2.44. The molecule has 5 nitrogen and oxygen atoms in total. The lowest BCUT2D eigenvalue weighted by atomic mass is 9.99. The zero-order chi connectivity index (χ0) is 20.4. The molecular weight excluding hydrogens is 370 g/mol. The highest BCUT2D eigenvalue weighted by atomic mass is 28.3. The normalized spacial score (nSPS) is 18.8. The van der Waals surface area contributed by atoms with E-state index in [2.05, 4.69) is 26.8 Å². The monoisotopic (exact) mass is 397 g/mol. The van der Waals surface area contributed by atoms with Crippen molar-refractivity contribution >= 4 is 19.8 Å². The quantitative estimate of drug-likeness (QED) is 0.331. The fraction of sp³-hybridized carbons (Fsp3) is 0.364. The molecule has 0 radical (unpaired) electrons. The van der Waals surface area contributed by atoms with Crippen LogP contribution in [0.3, 0.4) is 0 Å². The predicted octanol–water partition coefficient (Wildman–Crippen LogP) is 5.92. The minimum absolute atomic E-state index is 0.0688. The summed E-state index contributed by atoms with van der Waals surface area (Å²) in [6, 6.07) is 17.9. The Morgan fingerprint density at radius 1 is 1.07 bits per heavy atom. The van der Waals surface area contributed by atoms with Crippen molar-refractivity contribution in [1.82, 2.24) is 0 Å². The van der Waals surface area contributed by atoms with Gasteiger partial charge < -0.3 is 9.47 Å². The molecule has 6 heteroatoms. The molecular formula is C22H27NO4Si. The van der Waals surface area contributed by atoms with Crippen LogP contribution in [0, 0.1) is 10.1 Å². The third-order valence-corrected chi connectivity index (χ3v) is 11.8. The van der Waals surface area contributed by atoms with Gasteiger partial charge in [-0.25, -0.2) is 0 Å². The molecule has 1 aliphatic heterocycles. The maximum absolute atomic E-state index is 11.3. The smallest absolute Gasteiger partial charge is 0.270 e. The average Bonchev–Trinajstić information content (AvgIpc) is 2.75. The molecule has 1 unspecified atom stereocenters. The number of nitro benzene ring substituents is 1. The van der Waals surface area contributed by atoms with Gasteiger partial charge in [0.15, 0.2) is 0 Å². The van der Waals surface area contributed by atoms with E-state index in [0.29, 0.717) is 5.75 Å². The number of fused-ring (bicyclic) bond motifs is 1. The standard InChI is InChI=1S/C22H27NO4Si/c1-5-28(6-2,7-3)21-16-17-15-19(23(24)25)13-14-20(17)27-22(21,26-4)18-11-9-8-10-12-18/h8-16H,5-7H2,1-4H3. The van der Waals surface area contributed by atoms with Gasteiger partial charge in [-0.1, -0.05) is 69.2 Å². The van der Waals surface area contributed by atoms with Gasteiger partial charge in [0.2, 0.25) is 0 Å². The Bertz CT molecular complexity index is 884. The lowest BCUT2D eigenvalue weighted by Crippen LogP contribution is -2.51. The summed E-state index contributed by atoms with van der Waals surface area (Å²) in [4.78, 5) is 10.9. The Balaban J connectivity index is 2.31. The molecule has 0 spiro atoms. The molecule has 1 atom stereocenters. The van der Waals surface area contributed by atoms with Crippen molar-refractivity contribution in [3.05, 3.63) is 75.0 Å². The molecule has 0 saturated heterocycles. The summed E-state index contributed by atoms with van der Waals surface area (Å²) in [6.07, 6.45) is 2.10. The highest BCUT2D eigenvalue weighted by molar-refractivity contribution is 6.87. The molecule has 0 amide bonds. The first kappa shape index (κ1) is 20.3. The molecule has 1 heterocycles. The second kappa shape index (κ2) is 7.89. The number of benzene rings is 2. The number of hydrogen-bond acceptors (Lipinski definition) is 4. The molecule has 0 N–H and O–H groups in total. The first-order chi connectivity index (χ1) is 13.5. The number of rotatable bonds is 7. The van der Waals surface area contributed by atoms with E-state index in [1.807, 2.05) is 30.3 Å². The molecule has 0 aromatic heterocycles. The predicted molar refractivity (Wildman–Crippen MR) is 114 cm³/mol. The zero-order valence-electron chi connectivity index (χ0n) is 16.9. The van der Waals surface area contributed by atoms with Gasteiger partial charge in [-0.2, -0.15) is 0 Å².